The summed E-state index contributed by atoms with van der Waals surface area (Å²) in [4.78, 5) is 1.73. The molecular formula is C16H22N4. The monoisotopic (exact) mass is 270 g/mol. The van der Waals surface area contributed by atoms with E-state index in [1.165, 1.54) is 24.0 Å². The van der Waals surface area contributed by atoms with Gasteiger partial charge >= 0.3 is 0 Å². The van der Waals surface area contributed by atoms with Gasteiger partial charge in [-0.25, -0.2) is 0 Å². The molecule has 1 saturated carbocycles. The molecule has 0 saturated heterocycles. The summed E-state index contributed by atoms with van der Waals surface area (Å²) in [6.07, 6.45) is 4.51. The number of nitrogens with zero attached hydrogens (tertiary/aromatic N) is 3. The molecule has 1 fully saturated rings. The molecule has 0 radical (unpaired) electrons. The molecule has 1 unspecified atom stereocenters. The summed E-state index contributed by atoms with van der Waals surface area (Å²) in [5, 5.41) is 12.3. The lowest BCUT2D eigenvalue weighted by Crippen LogP contribution is -2.23. The van der Waals surface area contributed by atoms with Crippen LogP contribution in [-0.2, 0) is 13.1 Å². The van der Waals surface area contributed by atoms with E-state index in [1.54, 1.807) is 4.80 Å². The quantitative estimate of drug-likeness (QED) is 0.877. The molecule has 0 aliphatic heterocycles. The van der Waals surface area contributed by atoms with Crippen LogP contribution in [0.5, 0.6) is 0 Å². The van der Waals surface area contributed by atoms with Crippen LogP contribution in [-0.4, -0.2) is 15.0 Å². The zero-order chi connectivity index (χ0) is 13.9. The van der Waals surface area contributed by atoms with Gasteiger partial charge in [0.25, 0.3) is 0 Å². The van der Waals surface area contributed by atoms with Crippen LogP contribution in [0.2, 0.25) is 0 Å². The first-order valence-corrected chi connectivity index (χ1v) is 7.46. The molecule has 1 atom stereocenters. The largest absolute Gasteiger partial charge is 0.304 e. The van der Waals surface area contributed by atoms with Crippen molar-refractivity contribution < 1.29 is 0 Å². The molecule has 20 heavy (non-hydrogen) atoms. The van der Waals surface area contributed by atoms with E-state index in [-0.39, 0.29) is 0 Å². The third-order valence-corrected chi connectivity index (χ3v) is 3.99. The minimum absolute atomic E-state index is 0.447. The number of hydrogen-bond acceptors (Lipinski definition) is 3. The van der Waals surface area contributed by atoms with Crippen LogP contribution in [0.4, 0.5) is 0 Å². The van der Waals surface area contributed by atoms with Crippen molar-refractivity contribution in [2.45, 2.75) is 45.8 Å². The molecule has 2 aromatic rings. The Kier molecular flexibility index (Phi) is 3.83. The average molecular weight is 270 g/mol. The lowest BCUT2D eigenvalue weighted by Gasteiger charge is -2.20. The van der Waals surface area contributed by atoms with Gasteiger partial charge < -0.3 is 5.32 Å². The van der Waals surface area contributed by atoms with Gasteiger partial charge in [-0.2, -0.15) is 15.0 Å². The smallest absolute Gasteiger partial charge is 0.0965 e. The molecule has 1 aromatic carbocycles. The summed E-state index contributed by atoms with van der Waals surface area (Å²) in [6, 6.07) is 9.12. The van der Waals surface area contributed by atoms with Crippen LogP contribution in [0.1, 0.15) is 42.6 Å². The normalized spacial score (nSPS) is 16.3. The number of nitrogens with one attached hydrogen (secondary N) is 1. The Labute approximate surface area is 120 Å². The van der Waals surface area contributed by atoms with Gasteiger partial charge in [-0.05, 0) is 43.7 Å². The predicted octanol–water partition coefficient (Wildman–Crippen LogP) is 2.85. The minimum atomic E-state index is 0.447. The molecule has 1 heterocycles. The van der Waals surface area contributed by atoms with Crippen LogP contribution in [0.15, 0.2) is 30.5 Å². The fourth-order valence-corrected chi connectivity index (χ4v) is 2.68. The second kappa shape index (κ2) is 5.75. The van der Waals surface area contributed by atoms with E-state index in [9.17, 15) is 0 Å². The summed E-state index contributed by atoms with van der Waals surface area (Å²) < 4.78 is 0. The van der Waals surface area contributed by atoms with E-state index in [4.69, 9.17) is 0 Å². The highest BCUT2D eigenvalue weighted by Gasteiger charge is 2.32. The summed E-state index contributed by atoms with van der Waals surface area (Å²) in [6.45, 7) is 5.86. The van der Waals surface area contributed by atoms with Gasteiger partial charge in [0.1, 0.15) is 0 Å². The van der Waals surface area contributed by atoms with Crippen molar-refractivity contribution in [2.75, 3.05) is 0 Å². The predicted molar refractivity (Wildman–Crippen MR) is 79.2 cm³/mol. The molecule has 1 aliphatic rings. The third kappa shape index (κ3) is 2.90. The topological polar surface area (TPSA) is 42.7 Å². The molecule has 3 rings (SSSR count). The Hall–Kier alpha value is -1.68. The molecular weight excluding hydrogens is 248 g/mol. The number of benzene rings is 1. The van der Waals surface area contributed by atoms with Gasteiger partial charge in [0.15, 0.2) is 0 Å². The van der Waals surface area contributed by atoms with Gasteiger partial charge in [-0.1, -0.05) is 24.3 Å². The second-order valence-corrected chi connectivity index (χ2v) is 5.58. The maximum absolute atomic E-state index is 4.44. The zero-order valence-electron chi connectivity index (χ0n) is 12.2. The Balaban J connectivity index is 1.70. The zero-order valence-corrected chi connectivity index (χ0v) is 12.2. The van der Waals surface area contributed by atoms with Crippen molar-refractivity contribution >= 4 is 0 Å². The first kappa shape index (κ1) is 13.3. The van der Waals surface area contributed by atoms with Crippen molar-refractivity contribution in [2.24, 2.45) is 5.92 Å². The standard InChI is InChI=1S/C16H22N4/c1-3-20-18-11-14(19-20)10-17-16(13-8-9-13)15-7-5-4-6-12(15)2/h4-7,11,13,16-17H,3,8-10H2,1-2H3. The van der Waals surface area contributed by atoms with Gasteiger partial charge in [-0.15, -0.1) is 0 Å². The van der Waals surface area contributed by atoms with Gasteiger partial charge in [0, 0.05) is 12.6 Å². The first-order valence-electron chi connectivity index (χ1n) is 7.46. The maximum Gasteiger partial charge on any atom is 0.0965 e. The van der Waals surface area contributed by atoms with Crippen LogP contribution >= 0.6 is 0 Å². The van der Waals surface area contributed by atoms with Crippen LogP contribution in [0.3, 0.4) is 0 Å². The van der Waals surface area contributed by atoms with E-state index in [0.29, 0.717) is 6.04 Å². The molecule has 0 bridgehead atoms. The lowest BCUT2D eigenvalue weighted by molar-refractivity contribution is 0.470. The van der Waals surface area contributed by atoms with Crippen molar-refractivity contribution in [3.63, 3.8) is 0 Å². The number of hydrogen-bond donors (Lipinski definition) is 1. The summed E-state index contributed by atoms with van der Waals surface area (Å²) in [5.41, 5.74) is 3.82. The number of rotatable bonds is 6. The Morgan fingerprint density at radius 3 is 2.80 bits per heavy atom. The van der Waals surface area contributed by atoms with Crippen molar-refractivity contribution in [1.82, 2.24) is 20.3 Å². The molecule has 1 aliphatic carbocycles. The number of aromatic nitrogens is 3. The molecule has 1 aromatic heterocycles. The van der Waals surface area contributed by atoms with Crippen molar-refractivity contribution in [3.05, 3.63) is 47.3 Å². The minimum Gasteiger partial charge on any atom is -0.304 e. The Morgan fingerprint density at radius 1 is 1.35 bits per heavy atom. The molecule has 4 heteroatoms. The second-order valence-electron chi connectivity index (χ2n) is 5.58. The Bertz CT molecular complexity index is 571. The molecule has 4 nitrogen and oxygen atoms in total. The highest BCUT2D eigenvalue weighted by Crippen LogP contribution is 2.41. The van der Waals surface area contributed by atoms with E-state index in [1.807, 2.05) is 6.20 Å². The van der Waals surface area contributed by atoms with Crippen molar-refractivity contribution in [3.8, 4) is 0 Å². The summed E-state index contributed by atoms with van der Waals surface area (Å²) >= 11 is 0. The van der Waals surface area contributed by atoms with Gasteiger partial charge in [-0.3, -0.25) is 0 Å². The average Bonchev–Trinajstić information content (AvgIpc) is 3.19. The highest BCUT2D eigenvalue weighted by molar-refractivity contribution is 5.30. The summed E-state index contributed by atoms with van der Waals surface area (Å²) in [5.74, 6) is 0.775. The molecule has 0 amide bonds. The van der Waals surface area contributed by atoms with E-state index >= 15 is 0 Å². The first-order chi connectivity index (χ1) is 9.78. The van der Waals surface area contributed by atoms with Crippen LogP contribution in [0, 0.1) is 12.8 Å². The van der Waals surface area contributed by atoms with E-state index in [0.717, 1.165) is 24.7 Å². The van der Waals surface area contributed by atoms with Gasteiger partial charge in [0.2, 0.25) is 0 Å². The van der Waals surface area contributed by atoms with E-state index < -0.39 is 0 Å². The maximum atomic E-state index is 4.44. The van der Waals surface area contributed by atoms with Crippen LogP contribution < -0.4 is 5.32 Å². The number of aryl methyl sites for hydroxylation is 2. The Morgan fingerprint density at radius 2 is 2.15 bits per heavy atom. The van der Waals surface area contributed by atoms with Crippen LogP contribution in [0.25, 0.3) is 0 Å². The fraction of sp³-hybridized carbons (Fsp3) is 0.500. The molecule has 1 N–H and O–H groups in total. The molecule has 106 valence electrons. The third-order valence-electron chi connectivity index (χ3n) is 3.99. The molecule has 0 spiro atoms. The summed E-state index contributed by atoms with van der Waals surface area (Å²) in [7, 11) is 0. The highest BCUT2D eigenvalue weighted by atomic mass is 15.5. The van der Waals surface area contributed by atoms with Crippen molar-refractivity contribution in [1.29, 1.82) is 0 Å². The van der Waals surface area contributed by atoms with E-state index in [2.05, 4.69) is 53.6 Å². The SMILES string of the molecule is CCn1ncc(CNC(c2ccccc2C)C2CC2)n1. The fourth-order valence-electron chi connectivity index (χ4n) is 2.68. The van der Waals surface area contributed by atoms with Gasteiger partial charge in [0.05, 0.1) is 18.4 Å². The lowest BCUT2D eigenvalue weighted by atomic mass is 9.97.